The van der Waals surface area contributed by atoms with E-state index in [4.69, 9.17) is 0 Å². The number of fused-ring (bicyclic) bond motifs is 4. The van der Waals surface area contributed by atoms with Gasteiger partial charge in [-0.3, -0.25) is 29.0 Å². The van der Waals surface area contributed by atoms with Crippen LogP contribution in [0.3, 0.4) is 0 Å². The van der Waals surface area contributed by atoms with E-state index in [1.165, 1.54) is 19.6 Å². The first-order valence-electron chi connectivity index (χ1n) is 15.1. The van der Waals surface area contributed by atoms with Gasteiger partial charge in [0, 0.05) is 11.8 Å². The average Bonchev–Trinajstić information content (AvgIpc) is 3.22. The molecule has 3 saturated heterocycles. The Morgan fingerprint density at radius 3 is 1.32 bits per heavy atom. The second kappa shape index (κ2) is 10.00. The molecule has 0 radical (unpaired) electrons. The average molecular weight is 551 g/mol. The van der Waals surface area contributed by atoms with Crippen LogP contribution in [0, 0.1) is 57.2 Å². The quantitative estimate of drug-likeness (QED) is 0.362. The van der Waals surface area contributed by atoms with Crippen molar-refractivity contribution in [3.8, 4) is 23.7 Å². The van der Waals surface area contributed by atoms with E-state index in [0.29, 0.717) is 13.1 Å². The van der Waals surface area contributed by atoms with Gasteiger partial charge in [0.05, 0.1) is 23.9 Å². The Morgan fingerprint density at radius 1 is 0.625 bits per heavy atom. The van der Waals surface area contributed by atoms with Gasteiger partial charge in [-0.2, -0.15) is 0 Å². The molecule has 8 heteroatoms. The van der Waals surface area contributed by atoms with Crippen LogP contribution >= 0.6 is 0 Å². The van der Waals surface area contributed by atoms with Crippen LogP contribution in [0.4, 0.5) is 0 Å². The number of carbonyl (C=O) groups is 4. The molecule has 5 fully saturated rings. The van der Waals surface area contributed by atoms with Crippen LogP contribution in [0.15, 0.2) is 0 Å². The molecule has 216 valence electrons. The van der Waals surface area contributed by atoms with Crippen LogP contribution in [-0.4, -0.2) is 85.8 Å². The number of piperidine rings is 2. The minimum Gasteiger partial charge on any atom is -0.316 e. The van der Waals surface area contributed by atoms with Gasteiger partial charge in [-0.15, -0.1) is 0 Å². The maximum Gasteiger partial charge on any atom is 0.236 e. The smallest absolute Gasteiger partial charge is 0.236 e. The van der Waals surface area contributed by atoms with Crippen LogP contribution in [0.25, 0.3) is 0 Å². The van der Waals surface area contributed by atoms with Crippen LogP contribution < -0.4 is 9.80 Å². The van der Waals surface area contributed by atoms with Gasteiger partial charge < -0.3 is 9.80 Å². The number of nitrogens with zero attached hydrogens (tertiary/aromatic N) is 2. The van der Waals surface area contributed by atoms with Crippen molar-refractivity contribution >= 4 is 23.6 Å². The lowest BCUT2D eigenvalue weighted by atomic mass is 9.62. The van der Waals surface area contributed by atoms with E-state index < -0.39 is 10.8 Å². The number of piperazine rings is 1. The lowest BCUT2D eigenvalue weighted by molar-refractivity contribution is -1.01. The lowest BCUT2D eigenvalue weighted by Crippen LogP contribution is -3.28. The molecule has 4 atom stereocenters. The van der Waals surface area contributed by atoms with Gasteiger partial charge in [-0.25, -0.2) is 0 Å². The molecule has 2 aliphatic carbocycles. The van der Waals surface area contributed by atoms with Crippen molar-refractivity contribution in [1.29, 1.82) is 0 Å². The molecule has 4 amide bonds. The molecule has 0 aromatic rings. The molecule has 3 heterocycles. The van der Waals surface area contributed by atoms with E-state index >= 15 is 0 Å². The number of nitrogens with one attached hydrogen (secondary N) is 2. The zero-order valence-electron chi connectivity index (χ0n) is 25.2. The fraction of sp³-hybridized carbons (Fsp3) is 0.750. The molecule has 3 aliphatic heterocycles. The summed E-state index contributed by atoms with van der Waals surface area (Å²) in [5.74, 6) is 12.3. The Hall–Kier alpha value is -2.68. The molecular weight excluding hydrogens is 504 g/mol. The van der Waals surface area contributed by atoms with Gasteiger partial charge in [0.2, 0.25) is 23.6 Å². The van der Waals surface area contributed by atoms with E-state index in [1.54, 1.807) is 0 Å². The predicted molar refractivity (Wildman–Crippen MR) is 149 cm³/mol. The first-order chi connectivity index (χ1) is 18.8. The number of likely N-dealkylation sites (tertiary alicyclic amines) is 2. The van der Waals surface area contributed by atoms with E-state index in [-0.39, 0.29) is 59.4 Å². The monoisotopic (exact) mass is 550 g/mol. The molecule has 5 aliphatic rings. The summed E-state index contributed by atoms with van der Waals surface area (Å²) in [6, 6.07) is 0. The molecule has 0 unspecified atom stereocenters. The summed E-state index contributed by atoms with van der Waals surface area (Å²) in [4.78, 5) is 57.9. The Balaban J connectivity index is 1.05. The highest BCUT2D eigenvalue weighted by Gasteiger charge is 2.65. The molecule has 0 aromatic carbocycles. The first kappa shape index (κ1) is 28.8. The third kappa shape index (κ3) is 4.22. The fourth-order valence-corrected chi connectivity index (χ4v) is 8.06. The Bertz CT molecular complexity index is 1140. The molecular formula is C32H46N4O4+2. The summed E-state index contributed by atoms with van der Waals surface area (Å²) < 4.78 is 0. The molecule has 8 nitrogen and oxygen atoms in total. The van der Waals surface area contributed by atoms with Crippen LogP contribution in [-0.2, 0) is 19.2 Å². The van der Waals surface area contributed by atoms with Crippen molar-refractivity contribution < 1.29 is 29.0 Å². The summed E-state index contributed by atoms with van der Waals surface area (Å²) in [6.45, 7) is 18.0. The maximum absolute atomic E-state index is 13.1. The van der Waals surface area contributed by atoms with Crippen molar-refractivity contribution in [2.24, 2.45) is 33.5 Å². The third-order valence-electron chi connectivity index (χ3n) is 12.1. The Labute approximate surface area is 239 Å². The zero-order chi connectivity index (χ0) is 29.1. The number of rotatable bonds is 4. The number of carbonyl (C=O) groups excluding carboxylic acids is 4. The van der Waals surface area contributed by atoms with Gasteiger partial charge in [0.15, 0.2) is 0 Å². The highest BCUT2D eigenvalue weighted by Crippen LogP contribution is 2.61. The van der Waals surface area contributed by atoms with E-state index in [2.05, 4.69) is 51.4 Å². The highest BCUT2D eigenvalue weighted by atomic mass is 16.2. The van der Waals surface area contributed by atoms with Crippen molar-refractivity contribution in [1.82, 2.24) is 9.80 Å². The van der Waals surface area contributed by atoms with E-state index in [0.717, 1.165) is 51.9 Å². The molecule has 0 spiro atoms. The molecule has 40 heavy (non-hydrogen) atoms. The van der Waals surface area contributed by atoms with Gasteiger partial charge >= 0.3 is 0 Å². The van der Waals surface area contributed by atoms with Gasteiger partial charge in [-0.1, -0.05) is 53.4 Å². The second-order valence-corrected chi connectivity index (χ2v) is 14.3. The molecule has 2 N–H and O–H groups in total. The normalized spacial score (nSPS) is 37.6. The van der Waals surface area contributed by atoms with Crippen molar-refractivity contribution in [2.75, 3.05) is 52.4 Å². The topological polar surface area (TPSA) is 83.6 Å². The highest BCUT2D eigenvalue weighted by molar-refractivity contribution is 6.04. The van der Waals surface area contributed by atoms with Gasteiger partial charge in [0.1, 0.15) is 39.3 Å². The summed E-state index contributed by atoms with van der Waals surface area (Å²) in [6.07, 6.45) is 3.11. The van der Waals surface area contributed by atoms with Crippen molar-refractivity contribution in [3.63, 3.8) is 0 Å². The van der Waals surface area contributed by atoms with E-state index in [9.17, 15) is 19.2 Å². The third-order valence-corrected chi connectivity index (χ3v) is 12.1. The lowest BCUT2D eigenvalue weighted by Gasteiger charge is -2.47. The predicted octanol–water partition coefficient (Wildman–Crippen LogP) is -0.601. The first-order valence-corrected chi connectivity index (χ1v) is 15.1. The number of hydrogen-bond donors (Lipinski definition) is 2. The van der Waals surface area contributed by atoms with Crippen LogP contribution in [0.1, 0.15) is 67.2 Å². The number of hydrogen-bond acceptors (Lipinski definition) is 4. The fourth-order valence-electron chi connectivity index (χ4n) is 8.06. The molecule has 4 bridgehead atoms. The number of amides is 4. The minimum atomic E-state index is -0.478. The largest absolute Gasteiger partial charge is 0.316 e. The van der Waals surface area contributed by atoms with E-state index in [1.807, 2.05) is 13.8 Å². The Kier molecular flexibility index (Phi) is 7.21. The number of quaternary nitrogens is 2. The van der Waals surface area contributed by atoms with Gasteiger partial charge in [0.25, 0.3) is 0 Å². The van der Waals surface area contributed by atoms with Crippen molar-refractivity contribution in [3.05, 3.63) is 0 Å². The minimum absolute atomic E-state index is 0.0515. The molecule has 2 saturated carbocycles. The summed E-state index contributed by atoms with van der Waals surface area (Å²) >= 11 is 0. The zero-order valence-corrected chi connectivity index (χ0v) is 25.2. The summed E-state index contributed by atoms with van der Waals surface area (Å²) in [5, 5.41) is 0. The standard InChI is InChI=1S/C32H44N4O4/c1-29(2)23-11-13-31(29,5)27(39)35(25(23)37)17-9-7-15-33-19-21-34(22-20-33)16-8-10-18-36-26(38)24-12-14-32(6,28(36)40)30(24,3)4/h23-24H,11-22H2,1-6H3/p+2/t23-,24+,31+,32-. The Morgan fingerprint density at radius 2 is 0.975 bits per heavy atom. The number of imide groups is 2. The second-order valence-electron chi connectivity index (χ2n) is 14.3. The van der Waals surface area contributed by atoms with Crippen LogP contribution in [0.2, 0.25) is 0 Å². The maximum atomic E-state index is 13.1. The molecule has 5 rings (SSSR count). The van der Waals surface area contributed by atoms with Crippen molar-refractivity contribution in [2.45, 2.75) is 67.2 Å². The summed E-state index contributed by atoms with van der Waals surface area (Å²) in [7, 11) is 0. The van der Waals surface area contributed by atoms with Gasteiger partial charge in [-0.05, 0) is 48.4 Å². The molecule has 0 aromatic heterocycles. The SMILES string of the molecule is CC1(C)[C@@H]2CC[C@@]1(C)C(=O)N(CC#CC[NH+]1CC[NH+](CC#CCN3C(=O)[C@@H]4CC[C@](C)(C3=O)C4(C)C)CC1)C2=O. The summed E-state index contributed by atoms with van der Waals surface area (Å²) in [5.41, 5.74) is -1.54. The van der Waals surface area contributed by atoms with Crippen LogP contribution in [0.5, 0.6) is 0 Å².